The summed E-state index contributed by atoms with van der Waals surface area (Å²) in [5.41, 5.74) is 1.76. The Morgan fingerprint density at radius 1 is 1.27 bits per heavy atom. The lowest BCUT2D eigenvalue weighted by Crippen LogP contribution is -2.53. The van der Waals surface area contributed by atoms with Crippen LogP contribution in [0.15, 0.2) is 23.8 Å². The third-order valence-corrected chi connectivity index (χ3v) is 9.76. The number of ketones is 1. The summed E-state index contributed by atoms with van der Waals surface area (Å²) in [4.78, 5) is 23.9. The molecule has 0 unspecified atom stereocenters. The molecule has 4 fully saturated rings. The number of allylic oxidation sites excluding steroid dienone is 1. The van der Waals surface area contributed by atoms with Gasteiger partial charge in [-0.1, -0.05) is 26.8 Å². The van der Waals surface area contributed by atoms with Crippen LogP contribution in [0.25, 0.3) is 0 Å². The topological polar surface area (TPSA) is 55.9 Å². The molecule has 5 rings (SSSR count). The van der Waals surface area contributed by atoms with Crippen molar-refractivity contribution in [2.45, 2.75) is 78.4 Å². The van der Waals surface area contributed by atoms with Crippen molar-refractivity contribution in [1.82, 2.24) is 0 Å². The second-order valence-corrected chi connectivity index (χ2v) is 11.0. The number of carbonyl (C=O) groups is 2. The first kappa shape index (κ1) is 20.5. The van der Waals surface area contributed by atoms with Crippen LogP contribution in [0.3, 0.4) is 0 Å². The number of rotatable bonds is 4. The van der Waals surface area contributed by atoms with Gasteiger partial charge in [-0.3, -0.25) is 4.79 Å². The van der Waals surface area contributed by atoms with E-state index >= 15 is 0 Å². The van der Waals surface area contributed by atoms with Crippen molar-refractivity contribution < 1.29 is 19.1 Å². The van der Waals surface area contributed by atoms with E-state index in [9.17, 15) is 9.59 Å². The molecular weight excluding hydrogens is 376 g/mol. The summed E-state index contributed by atoms with van der Waals surface area (Å²) in [5, 5.41) is 0. The van der Waals surface area contributed by atoms with Gasteiger partial charge >= 0.3 is 5.97 Å². The van der Waals surface area contributed by atoms with Gasteiger partial charge in [-0.25, -0.2) is 4.79 Å². The highest BCUT2D eigenvalue weighted by Gasteiger charge is 2.69. The quantitative estimate of drug-likeness (QED) is 0.375. The Bertz CT molecular complexity index is 812. The molecule has 0 radical (unpaired) electrons. The number of carbonyl (C=O) groups excluding carboxylic acids is 2. The summed E-state index contributed by atoms with van der Waals surface area (Å²) in [6, 6.07) is 0. The first-order chi connectivity index (χ1) is 14.3. The Morgan fingerprint density at radius 3 is 2.83 bits per heavy atom. The van der Waals surface area contributed by atoms with Gasteiger partial charge in [-0.2, -0.15) is 0 Å². The first-order valence-corrected chi connectivity index (χ1v) is 12.0. The molecule has 4 nitrogen and oxygen atoms in total. The lowest BCUT2D eigenvalue weighted by molar-refractivity contribution is -0.137. The molecule has 0 aromatic rings. The van der Waals surface area contributed by atoms with Crippen LogP contribution in [-0.2, 0) is 19.1 Å². The van der Waals surface area contributed by atoms with Crippen molar-refractivity contribution >= 4 is 11.8 Å². The molecule has 0 aromatic heterocycles. The van der Waals surface area contributed by atoms with Crippen LogP contribution in [0.4, 0.5) is 0 Å². The predicted molar refractivity (Wildman–Crippen MR) is 115 cm³/mol. The smallest absolute Gasteiger partial charge is 0.330 e. The molecule has 0 bridgehead atoms. The summed E-state index contributed by atoms with van der Waals surface area (Å²) in [6.45, 7) is 9.47. The van der Waals surface area contributed by atoms with Crippen LogP contribution in [0, 0.1) is 40.4 Å². The largest absolute Gasteiger partial charge is 0.463 e. The van der Waals surface area contributed by atoms with Crippen molar-refractivity contribution in [3.05, 3.63) is 23.8 Å². The van der Waals surface area contributed by atoms with E-state index in [-0.39, 0.29) is 17.5 Å². The second-order valence-electron chi connectivity index (χ2n) is 11.0. The van der Waals surface area contributed by atoms with Gasteiger partial charge in [0.05, 0.1) is 12.7 Å². The zero-order valence-electron chi connectivity index (χ0n) is 18.9. The number of esters is 1. The molecule has 0 amide bonds. The van der Waals surface area contributed by atoms with Gasteiger partial charge in [0.25, 0.3) is 0 Å². The van der Waals surface area contributed by atoms with E-state index in [4.69, 9.17) is 9.47 Å². The summed E-state index contributed by atoms with van der Waals surface area (Å²) in [5.74, 6) is 2.99. The molecule has 0 aromatic carbocycles. The van der Waals surface area contributed by atoms with Crippen LogP contribution in [-0.4, -0.2) is 30.6 Å². The van der Waals surface area contributed by atoms with Crippen molar-refractivity contribution in [3.8, 4) is 0 Å². The molecule has 1 heterocycles. The Hall–Kier alpha value is -1.42. The Balaban J connectivity index is 1.39. The molecule has 4 heteroatoms. The van der Waals surface area contributed by atoms with Crippen molar-refractivity contribution in [3.63, 3.8) is 0 Å². The van der Waals surface area contributed by atoms with E-state index in [1.807, 2.05) is 13.0 Å². The molecular formula is C26H36O4. The Labute approximate surface area is 180 Å². The zero-order valence-corrected chi connectivity index (χ0v) is 18.9. The maximum Gasteiger partial charge on any atom is 0.330 e. The van der Waals surface area contributed by atoms with E-state index in [0.717, 1.165) is 6.42 Å². The van der Waals surface area contributed by atoms with E-state index in [2.05, 4.69) is 26.8 Å². The van der Waals surface area contributed by atoms with Gasteiger partial charge in [0.15, 0.2) is 5.78 Å². The summed E-state index contributed by atoms with van der Waals surface area (Å²) in [6.07, 6.45) is 12.8. The van der Waals surface area contributed by atoms with Gasteiger partial charge in [0, 0.05) is 12.5 Å². The highest BCUT2D eigenvalue weighted by Crippen LogP contribution is 2.70. The number of hydrogen-bond acceptors (Lipinski definition) is 4. The molecule has 30 heavy (non-hydrogen) atoms. The minimum Gasteiger partial charge on any atom is -0.463 e. The van der Waals surface area contributed by atoms with Crippen molar-refractivity contribution in [1.29, 1.82) is 0 Å². The number of hydrogen-bond donors (Lipinski definition) is 0. The third kappa shape index (κ3) is 2.89. The van der Waals surface area contributed by atoms with Crippen LogP contribution in [0.5, 0.6) is 0 Å². The SMILES string of the molecule is CCOC(=O)C=C[C@H](C)[C@H]1CC[C@H]2[C@@H]3[C@H]4O[C@H]4C4=CC(=O)CC[C@]4(C)[C@H]3CC[C@]12C. The summed E-state index contributed by atoms with van der Waals surface area (Å²) in [7, 11) is 0. The number of epoxide rings is 1. The summed E-state index contributed by atoms with van der Waals surface area (Å²) < 4.78 is 11.4. The van der Waals surface area contributed by atoms with Gasteiger partial charge < -0.3 is 9.47 Å². The molecule has 164 valence electrons. The lowest BCUT2D eigenvalue weighted by Gasteiger charge is -2.57. The number of ether oxygens (including phenoxy) is 2. The van der Waals surface area contributed by atoms with E-state index in [1.165, 1.54) is 31.3 Å². The standard InChI is InChI=1S/C26H36O4/c1-5-29-21(28)9-6-15(2)17-7-8-18-22-19(11-13-25(17,18)3)26(4)12-10-16(27)14-20(26)23-24(22)30-23/h6,9,14-15,17-19,22-24H,5,7-8,10-13H2,1-4H3/t15-,17+,18-,19-,22-,23-,24+,25+,26+/m0/s1. The molecule has 0 N–H and O–H groups in total. The van der Waals surface area contributed by atoms with Gasteiger partial charge in [0.2, 0.25) is 0 Å². The van der Waals surface area contributed by atoms with Gasteiger partial charge in [0.1, 0.15) is 6.10 Å². The van der Waals surface area contributed by atoms with E-state index in [1.54, 1.807) is 6.08 Å². The average molecular weight is 413 g/mol. The fourth-order valence-electron chi connectivity index (χ4n) is 8.27. The number of fused-ring (bicyclic) bond motifs is 8. The molecule has 1 aliphatic heterocycles. The minimum absolute atomic E-state index is 0.144. The highest BCUT2D eigenvalue weighted by atomic mass is 16.6. The maximum atomic E-state index is 12.1. The van der Waals surface area contributed by atoms with E-state index in [0.29, 0.717) is 59.9 Å². The van der Waals surface area contributed by atoms with Crippen LogP contribution in [0.2, 0.25) is 0 Å². The van der Waals surface area contributed by atoms with Gasteiger partial charge in [-0.05, 0) is 91.1 Å². The first-order valence-electron chi connectivity index (χ1n) is 12.0. The predicted octanol–water partition coefficient (Wildman–Crippen LogP) is 4.88. The van der Waals surface area contributed by atoms with Gasteiger partial charge in [-0.15, -0.1) is 0 Å². The Morgan fingerprint density at radius 2 is 2.07 bits per heavy atom. The average Bonchev–Trinajstić information content (AvgIpc) is 3.42. The molecule has 3 saturated carbocycles. The highest BCUT2D eigenvalue weighted by molar-refractivity contribution is 5.92. The molecule has 1 saturated heterocycles. The third-order valence-electron chi connectivity index (χ3n) is 9.76. The molecule has 4 aliphatic carbocycles. The summed E-state index contributed by atoms with van der Waals surface area (Å²) >= 11 is 0. The van der Waals surface area contributed by atoms with E-state index < -0.39 is 0 Å². The molecule has 5 aliphatic rings. The van der Waals surface area contributed by atoms with Crippen LogP contribution >= 0.6 is 0 Å². The maximum absolute atomic E-state index is 12.1. The minimum atomic E-state index is -0.228. The fraction of sp³-hybridized carbons (Fsp3) is 0.769. The Kier molecular flexibility index (Phi) is 4.81. The van der Waals surface area contributed by atoms with Crippen molar-refractivity contribution in [2.75, 3.05) is 6.61 Å². The molecule has 0 spiro atoms. The second kappa shape index (κ2) is 7.05. The van der Waals surface area contributed by atoms with Crippen molar-refractivity contribution in [2.24, 2.45) is 40.4 Å². The zero-order chi connectivity index (χ0) is 21.3. The molecule has 9 atom stereocenters. The monoisotopic (exact) mass is 412 g/mol. The van der Waals surface area contributed by atoms with Crippen LogP contribution < -0.4 is 0 Å². The lowest BCUT2D eigenvalue weighted by atomic mass is 9.46. The fourth-order valence-corrected chi connectivity index (χ4v) is 8.27. The van der Waals surface area contributed by atoms with Crippen LogP contribution in [0.1, 0.15) is 66.2 Å². The normalized spacial score (nSPS) is 47.6.